The van der Waals surface area contributed by atoms with E-state index in [-0.39, 0.29) is 52.5 Å². The number of aromatic nitrogens is 6. The summed E-state index contributed by atoms with van der Waals surface area (Å²) in [6.07, 6.45) is 0. The standard InChI is InChI=1S/C20H20N4O2.C19H18N4O2.C16H11BrN2O2.C4H10N2.Na.H2O/c1-26-20(25)15-7-8-16-17(13-15)23-19(24-11-9-21-10-12-24)18(22-16)14-5-3-2-4-6-14;24-19(25)14-6-7-15-16(12-14)22-18(23-10-8-20-9-11-23)17(21-15)13-4-2-1-3-5-13;1-21-16(20)11-7-8-12-13(9-11)19-15(17)14(18-12)10-5-3-2-4-6-10;1-2-6-4-3-5-1;;/h2-8,13,21H,9-12H2,1H3;1-7,12,20H,8-11H2,(H,24,25);2-9H,1H3;5-6H,1-4H2;;1H2/q;;;;+1;/p-1. The van der Waals surface area contributed by atoms with Crippen LogP contribution in [0.1, 0.15) is 31.1 Å². The largest absolute Gasteiger partial charge is 1.00 e. The maximum Gasteiger partial charge on any atom is 1.00 e. The number of halogens is 1. The molecule has 0 atom stereocenters. The molecule has 406 valence electrons. The maximum atomic E-state index is 11.8. The third kappa shape index (κ3) is 15.3. The monoisotopic (exact) mass is 1150 g/mol. The van der Waals surface area contributed by atoms with Crippen molar-refractivity contribution in [2.45, 2.75) is 0 Å². The number of aromatic carboxylic acids is 1. The Morgan fingerprint density at radius 2 is 0.762 bits per heavy atom. The average molecular weight is 1150 g/mol. The molecule has 0 aliphatic carbocycles. The predicted molar refractivity (Wildman–Crippen MR) is 310 cm³/mol. The van der Waals surface area contributed by atoms with Crippen molar-refractivity contribution in [1.29, 1.82) is 0 Å². The number of nitrogens with one attached hydrogen (secondary N) is 4. The molecule has 3 aliphatic rings. The molecular formula is C59H60BrN12NaO7. The molecule has 0 unspecified atom stereocenters. The first-order chi connectivity index (χ1) is 38.2. The van der Waals surface area contributed by atoms with E-state index in [4.69, 9.17) is 29.4 Å². The zero-order valence-electron chi connectivity index (χ0n) is 44.7. The Kier molecular flexibility index (Phi) is 22.4. The number of rotatable bonds is 8. The van der Waals surface area contributed by atoms with Crippen LogP contribution < -0.4 is 60.6 Å². The van der Waals surface area contributed by atoms with Crippen LogP contribution in [0.2, 0.25) is 0 Å². The van der Waals surface area contributed by atoms with Crippen molar-refractivity contribution in [3.05, 3.63) is 167 Å². The smallest absolute Gasteiger partial charge is 0.870 e. The number of hydrogen-bond acceptors (Lipinski definition) is 18. The van der Waals surface area contributed by atoms with Crippen LogP contribution in [0.15, 0.2) is 150 Å². The second kappa shape index (κ2) is 29.7. The predicted octanol–water partition coefficient (Wildman–Crippen LogP) is 4.75. The molecule has 9 aromatic rings. The number of carboxylic acid groups (broad SMARTS) is 1. The molecule has 12 rings (SSSR count). The molecule has 0 spiro atoms. The molecule has 80 heavy (non-hydrogen) atoms. The molecule has 6 N–H and O–H groups in total. The zero-order chi connectivity index (χ0) is 54.2. The Bertz CT molecular complexity index is 3510. The summed E-state index contributed by atoms with van der Waals surface area (Å²) < 4.78 is 10.2. The van der Waals surface area contributed by atoms with Crippen molar-refractivity contribution in [2.24, 2.45) is 0 Å². The van der Waals surface area contributed by atoms with Gasteiger partial charge in [-0.05, 0) is 70.5 Å². The normalized spacial score (nSPS) is 13.8. The molecule has 21 heteroatoms. The number of hydrogen-bond donors (Lipinski definition) is 5. The van der Waals surface area contributed by atoms with E-state index >= 15 is 0 Å². The van der Waals surface area contributed by atoms with Crippen LogP contribution in [0, 0.1) is 0 Å². The number of methoxy groups -OCH3 is 2. The second-order valence-electron chi connectivity index (χ2n) is 18.1. The number of fused-ring (bicyclic) bond motifs is 3. The van der Waals surface area contributed by atoms with E-state index in [1.165, 1.54) is 14.2 Å². The third-order valence-corrected chi connectivity index (χ3v) is 13.5. The molecule has 6 aromatic carbocycles. The van der Waals surface area contributed by atoms with Gasteiger partial charge in [-0.15, -0.1) is 0 Å². The van der Waals surface area contributed by atoms with Gasteiger partial charge in [0, 0.05) is 95.2 Å². The van der Waals surface area contributed by atoms with Gasteiger partial charge in [0.25, 0.3) is 0 Å². The third-order valence-electron chi connectivity index (χ3n) is 12.9. The Labute approximate surface area is 493 Å². The van der Waals surface area contributed by atoms with Gasteiger partial charge < -0.3 is 51.1 Å². The molecule has 19 nitrogen and oxygen atoms in total. The molecular weight excluding hydrogens is 1090 g/mol. The summed E-state index contributed by atoms with van der Waals surface area (Å²) in [6, 6.07) is 45.2. The van der Waals surface area contributed by atoms with Crippen LogP contribution in [0.5, 0.6) is 0 Å². The van der Waals surface area contributed by atoms with Gasteiger partial charge in [0.1, 0.15) is 21.7 Å². The quantitative estimate of drug-likeness (QED) is 0.102. The first-order valence-electron chi connectivity index (χ1n) is 25.7. The molecule has 3 fully saturated rings. The van der Waals surface area contributed by atoms with Gasteiger partial charge in [-0.1, -0.05) is 91.0 Å². The summed E-state index contributed by atoms with van der Waals surface area (Å²) in [5, 5.41) is 22.4. The van der Waals surface area contributed by atoms with Crippen LogP contribution >= 0.6 is 15.9 Å². The number of anilines is 2. The van der Waals surface area contributed by atoms with E-state index in [0.717, 1.165) is 135 Å². The Morgan fingerprint density at radius 1 is 0.438 bits per heavy atom. The van der Waals surface area contributed by atoms with Crippen LogP contribution in [-0.4, -0.2) is 151 Å². The summed E-state index contributed by atoms with van der Waals surface area (Å²) in [4.78, 5) is 67.5. The second-order valence-corrected chi connectivity index (χ2v) is 18.9. The van der Waals surface area contributed by atoms with Crippen LogP contribution in [0.3, 0.4) is 0 Å². The Balaban J connectivity index is 0.000000163. The molecule has 0 amide bonds. The van der Waals surface area contributed by atoms with Gasteiger partial charge in [-0.2, -0.15) is 0 Å². The van der Waals surface area contributed by atoms with Crippen molar-refractivity contribution < 1.29 is 64.0 Å². The minimum absolute atomic E-state index is 0. The molecule has 0 radical (unpaired) electrons. The van der Waals surface area contributed by atoms with Crippen LogP contribution in [-0.2, 0) is 9.47 Å². The van der Waals surface area contributed by atoms with Crippen LogP contribution in [0.4, 0.5) is 11.6 Å². The number of carboxylic acids is 1. The minimum atomic E-state index is -0.959. The first-order valence-corrected chi connectivity index (χ1v) is 26.5. The van der Waals surface area contributed by atoms with E-state index in [0.29, 0.717) is 37.8 Å². The molecule has 6 heterocycles. The molecule has 0 saturated carbocycles. The number of benzene rings is 6. The molecule has 0 bridgehead atoms. The summed E-state index contributed by atoms with van der Waals surface area (Å²) in [5.74, 6) is -0.0546. The number of piperazine rings is 3. The average Bonchev–Trinajstić information content (AvgIpc) is 3.55. The van der Waals surface area contributed by atoms with Crippen LogP contribution in [0.25, 0.3) is 66.9 Å². The maximum absolute atomic E-state index is 11.8. The zero-order valence-corrected chi connectivity index (χ0v) is 48.3. The fraction of sp³-hybridized carbons (Fsp3) is 0.237. The number of esters is 2. The summed E-state index contributed by atoms with van der Waals surface area (Å²) >= 11 is 3.44. The first kappa shape index (κ1) is 60.3. The number of nitrogens with zero attached hydrogens (tertiary/aromatic N) is 8. The number of carbonyl (C=O) groups is 3. The number of carbonyl (C=O) groups excluding carboxylic acids is 2. The van der Waals surface area contributed by atoms with Gasteiger partial charge in [0.15, 0.2) is 11.6 Å². The van der Waals surface area contributed by atoms with Crippen molar-refractivity contribution in [2.75, 3.05) is 103 Å². The van der Waals surface area contributed by atoms with Gasteiger partial charge in [-0.25, -0.2) is 44.3 Å². The van der Waals surface area contributed by atoms with Gasteiger partial charge in [0.05, 0.1) is 64.0 Å². The summed E-state index contributed by atoms with van der Waals surface area (Å²) in [6.45, 7) is 11.6. The van der Waals surface area contributed by atoms with Crippen molar-refractivity contribution in [3.8, 4) is 33.8 Å². The Morgan fingerprint density at radius 3 is 1.12 bits per heavy atom. The molecule has 3 aliphatic heterocycles. The van der Waals surface area contributed by atoms with Crippen molar-refractivity contribution in [1.82, 2.24) is 51.2 Å². The van der Waals surface area contributed by atoms with E-state index in [1.54, 1.807) is 48.5 Å². The fourth-order valence-electron chi connectivity index (χ4n) is 8.90. The van der Waals surface area contributed by atoms with Gasteiger partial charge >= 0.3 is 47.5 Å². The summed E-state index contributed by atoms with van der Waals surface area (Å²) in [5.41, 5.74) is 10.8. The van der Waals surface area contributed by atoms with E-state index in [1.807, 2.05) is 97.1 Å². The van der Waals surface area contributed by atoms with E-state index in [9.17, 15) is 19.5 Å². The van der Waals surface area contributed by atoms with Crippen molar-refractivity contribution >= 4 is 78.6 Å². The van der Waals surface area contributed by atoms with Crippen molar-refractivity contribution in [3.63, 3.8) is 0 Å². The Hall–Kier alpha value is -7.37. The summed E-state index contributed by atoms with van der Waals surface area (Å²) in [7, 11) is 2.73. The van der Waals surface area contributed by atoms with Gasteiger partial charge in [-0.3, -0.25) is 0 Å². The minimum Gasteiger partial charge on any atom is -0.870 e. The number of ether oxygens (including phenoxy) is 2. The SMILES string of the molecule is C1CNCCN1.COC(=O)c1ccc2nc(-c3ccccc3)c(Br)nc2c1.COC(=O)c1ccc2nc(-c3ccccc3)c(N3CCNCC3)nc2c1.O=C(O)c1ccc2nc(-c3ccccc3)c(N3CCNCC3)nc2c1.[Na+].[OH-]. The van der Waals surface area contributed by atoms with E-state index in [2.05, 4.69) is 57.0 Å². The molecule has 3 aromatic heterocycles. The van der Waals surface area contributed by atoms with Gasteiger partial charge in [0.2, 0.25) is 0 Å². The fourth-order valence-corrected chi connectivity index (χ4v) is 9.41. The van der Waals surface area contributed by atoms with E-state index < -0.39 is 5.97 Å². The molecule has 3 saturated heterocycles. The topological polar surface area (TPSA) is 252 Å².